The molecule has 1 atom stereocenters. The van der Waals surface area contributed by atoms with Gasteiger partial charge in [0, 0.05) is 17.5 Å². The Bertz CT molecular complexity index is 1080. The minimum absolute atomic E-state index is 0.209. The molecule has 6 nitrogen and oxygen atoms in total. The van der Waals surface area contributed by atoms with Gasteiger partial charge in [-0.05, 0) is 56.2 Å². The first-order valence-electron chi connectivity index (χ1n) is 8.81. The first-order chi connectivity index (χ1) is 13.3. The summed E-state index contributed by atoms with van der Waals surface area (Å²) in [7, 11) is 0. The summed E-state index contributed by atoms with van der Waals surface area (Å²) >= 11 is 0. The summed E-state index contributed by atoms with van der Waals surface area (Å²) in [6, 6.07) is 13.5. The molecule has 6 heteroatoms. The van der Waals surface area contributed by atoms with E-state index in [1.807, 2.05) is 19.1 Å². The number of benzene rings is 2. The Labute approximate surface area is 161 Å². The van der Waals surface area contributed by atoms with Gasteiger partial charge in [-0.25, -0.2) is 9.59 Å². The molecule has 0 aliphatic carbocycles. The number of fused-ring (bicyclic) bond motifs is 1. The molecule has 3 aromatic rings. The molecule has 0 aliphatic heterocycles. The average molecular weight is 380 g/mol. The van der Waals surface area contributed by atoms with Gasteiger partial charge in [0.25, 0.3) is 0 Å². The zero-order chi connectivity index (χ0) is 20.3. The molecular formula is C22H20O6. The van der Waals surface area contributed by atoms with Crippen molar-refractivity contribution in [2.24, 2.45) is 0 Å². The molecule has 144 valence electrons. The molecule has 1 aromatic heterocycles. The van der Waals surface area contributed by atoms with E-state index in [1.165, 1.54) is 19.9 Å². The fourth-order valence-corrected chi connectivity index (χ4v) is 2.61. The second kappa shape index (κ2) is 8.08. The minimum atomic E-state index is -0.771. The Morgan fingerprint density at radius 1 is 1.07 bits per heavy atom. The van der Waals surface area contributed by atoms with Crippen molar-refractivity contribution >= 4 is 22.7 Å². The molecule has 0 amide bonds. The molecule has 0 radical (unpaired) electrons. The summed E-state index contributed by atoms with van der Waals surface area (Å²) in [6.07, 6.45) is -0.771. The maximum absolute atomic E-state index is 12.0. The van der Waals surface area contributed by atoms with Crippen LogP contribution in [0.1, 0.15) is 35.3 Å². The van der Waals surface area contributed by atoms with E-state index in [1.54, 1.807) is 30.3 Å². The van der Waals surface area contributed by atoms with E-state index >= 15 is 0 Å². The maximum Gasteiger partial charge on any atom is 0.338 e. The molecule has 0 fully saturated rings. The number of aryl methyl sites for hydroxylation is 1. The second-order valence-electron chi connectivity index (χ2n) is 6.55. The number of ketones is 1. The molecule has 28 heavy (non-hydrogen) atoms. The zero-order valence-electron chi connectivity index (χ0n) is 15.9. The highest BCUT2D eigenvalue weighted by Crippen LogP contribution is 2.23. The van der Waals surface area contributed by atoms with Gasteiger partial charge in [-0.1, -0.05) is 12.1 Å². The van der Waals surface area contributed by atoms with Gasteiger partial charge in [0.15, 0.2) is 11.9 Å². The highest BCUT2D eigenvalue weighted by Gasteiger charge is 2.15. The highest BCUT2D eigenvalue weighted by atomic mass is 16.5. The van der Waals surface area contributed by atoms with Crippen molar-refractivity contribution in [1.29, 1.82) is 0 Å². The summed E-state index contributed by atoms with van der Waals surface area (Å²) < 4.78 is 16.0. The van der Waals surface area contributed by atoms with Crippen LogP contribution in [0.4, 0.5) is 0 Å². The van der Waals surface area contributed by atoms with E-state index in [0.717, 1.165) is 16.5 Å². The van der Waals surface area contributed by atoms with Crippen LogP contribution in [0, 0.1) is 6.92 Å². The molecule has 0 saturated heterocycles. The predicted molar refractivity (Wildman–Crippen MR) is 104 cm³/mol. The van der Waals surface area contributed by atoms with Gasteiger partial charge in [0.1, 0.15) is 17.9 Å². The Morgan fingerprint density at radius 3 is 2.46 bits per heavy atom. The smallest absolute Gasteiger partial charge is 0.338 e. The lowest BCUT2D eigenvalue weighted by Crippen LogP contribution is -2.21. The average Bonchev–Trinajstić information content (AvgIpc) is 2.66. The monoisotopic (exact) mass is 380 g/mol. The van der Waals surface area contributed by atoms with Crippen LogP contribution < -0.4 is 10.4 Å². The molecule has 0 saturated carbocycles. The Morgan fingerprint density at radius 2 is 1.79 bits per heavy atom. The molecule has 0 unspecified atom stereocenters. The lowest BCUT2D eigenvalue weighted by Gasteiger charge is -2.11. The lowest BCUT2D eigenvalue weighted by molar-refractivity contribution is -0.124. The summed E-state index contributed by atoms with van der Waals surface area (Å²) in [4.78, 5) is 34.7. The number of hydrogen-bond donors (Lipinski definition) is 0. The van der Waals surface area contributed by atoms with Gasteiger partial charge in [-0.15, -0.1) is 0 Å². The van der Waals surface area contributed by atoms with Crippen molar-refractivity contribution in [2.75, 3.05) is 0 Å². The van der Waals surface area contributed by atoms with Gasteiger partial charge >= 0.3 is 11.6 Å². The molecule has 0 N–H and O–H groups in total. The maximum atomic E-state index is 12.0. The summed E-state index contributed by atoms with van der Waals surface area (Å²) in [5.74, 6) is -0.185. The SMILES string of the molecule is CC(=O)[C@H](C)OC(=O)c1ccc(COc2ccc3c(C)cc(=O)oc3c2)cc1. The van der Waals surface area contributed by atoms with Crippen LogP contribution >= 0.6 is 0 Å². The second-order valence-corrected chi connectivity index (χ2v) is 6.55. The number of Topliss-reactive ketones (excluding diaryl/α,β-unsaturated/α-hetero) is 1. The lowest BCUT2D eigenvalue weighted by atomic mass is 10.1. The van der Waals surface area contributed by atoms with Gasteiger partial charge in [-0.2, -0.15) is 0 Å². The normalized spacial score (nSPS) is 11.8. The highest BCUT2D eigenvalue weighted by molar-refractivity contribution is 5.92. The first-order valence-corrected chi connectivity index (χ1v) is 8.81. The third-order valence-corrected chi connectivity index (χ3v) is 4.37. The number of hydrogen-bond acceptors (Lipinski definition) is 6. The van der Waals surface area contributed by atoms with E-state index in [0.29, 0.717) is 16.9 Å². The van der Waals surface area contributed by atoms with Crippen molar-refractivity contribution in [1.82, 2.24) is 0 Å². The molecule has 2 aromatic carbocycles. The predicted octanol–water partition coefficient (Wildman–Crippen LogP) is 3.81. The van der Waals surface area contributed by atoms with Crippen LogP contribution in [0.3, 0.4) is 0 Å². The van der Waals surface area contributed by atoms with Crippen LogP contribution in [0.2, 0.25) is 0 Å². The van der Waals surface area contributed by atoms with Crippen LogP contribution in [0.5, 0.6) is 5.75 Å². The first kappa shape index (κ1) is 19.4. The Balaban J connectivity index is 1.66. The fraction of sp³-hybridized carbons (Fsp3) is 0.227. The molecule has 0 spiro atoms. The van der Waals surface area contributed by atoms with Crippen molar-refractivity contribution in [3.8, 4) is 5.75 Å². The van der Waals surface area contributed by atoms with E-state index in [-0.39, 0.29) is 12.4 Å². The van der Waals surface area contributed by atoms with E-state index < -0.39 is 17.7 Å². The van der Waals surface area contributed by atoms with Crippen molar-refractivity contribution in [2.45, 2.75) is 33.5 Å². The van der Waals surface area contributed by atoms with Crippen molar-refractivity contribution in [3.63, 3.8) is 0 Å². The van der Waals surface area contributed by atoms with Gasteiger partial charge in [0.05, 0.1) is 5.56 Å². The number of carbonyl (C=O) groups is 2. The van der Waals surface area contributed by atoms with E-state index in [9.17, 15) is 14.4 Å². The molecule has 3 rings (SSSR count). The minimum Gasteiger partial charge on any atom is -0.489 e. The van der Waals surface area contributed by atoms with Gasteiger partial charge in [0.2, 0.25) is 0 Å². The van der Waals surface area contributed by atoms with Gasteiger partial charge < -0.3 is 13.9 Å². The quantitative estimate of drug-likeness (QED) is 0.478. The van der Waals surface area contributed by atoms with Crippen LogP contribution in [0.15, 0.2) is 57.7 Å². The van der Waals surface area contributed by atoms with E-state index in [4.69, 9.17) is 13.9 Å². The van der Waals surface area contributed by atoms with Crippen LogP contribution in [-0.2, 0) is 16.1 Å². The standard InChI is InChI=1S/C22H20O6/c1-13-10-21(24)28-20-11-18(8-9-19(13)20)26-12-16-4-6-17(7-5-16)22(25)27-15(3)14(2)23/h4-11,15H,12H2,1-3H3/t15-/m0/s1. The summed E-state index contributed by atoms with van der Waals surface area (Å²) in [6.45, 7) is 5.04. The summed E-state index contributed by atoms with van der Waals surface area (Å²) in [5, 5.41) is 0.856. The Hall–Kier alpha value is -3.41. The van der Waals surface area contributed by atoms with Crippen molar-refractivity contribution < 1.29 is 23.5 Å². The number of ether oxygens (including phenoxy) is 2. The number of rotatable bonds is 6. The van der Waals surface area contributed by atoms with Crippen LogP contribution in [0.25, 0.3) is 11.0 Å². The Kier molecular flexibility index (Phi) is 5.59. The van der Waals surface area contributed by atoms with Crippen molar-refractivity contribution in [3.05, 3.63) is 75.6 Å². The molecule has 0 bridgehead atoms. The molecule has 1 heterocycles. The third kappa shape index (κ3) is 4.46. The number of esters is 1. The zero-order valence-corrected chi connectivity index (χ0v) is 15.9. The third-order valence-electron chi connectivity index (χ3n) is 4.37. The largest absolute Gasteiger partial charge is 0.489 e. The van der Waals surface area contributed by atoms with Crippen LogP contribution in [-0.4, -0.2) is 17.9 Å². The number of carbonyl (C=O) groups excluding carboxylic acids is 2. The van der Waals surface area contributed by atoms with Gasteiger partial charge in [-0.3, -0.25) is 4.79 Å². The topological polar surface area (TPSA) is 82.8 Å². The fourth-order valence-electron chi connectivity index (χ4n) is 2.61. The van der Waals surface area contributed by atoms with E-state index in [2.05, 4.69) is 0 Å². The molecule has 0 aliphatic rings. The summed E-state index contributed by atoms with van der Waals surface area (Å²) in [5.41, 5.74) is 2.13. The molecular weight excluding hydrogens is 360 g/mol.